The molecule has 2 rings (SSSR count). The summed E-state index contributed by atoms with van der Waals surface area (Å²) in [5.41, 5.74) is 0.0875. The molecule has 1 aromatic rings. The smallest absolute Gasteiger partial charge is 0.416 e. The monoisotopic (exact) mass is 439 g/mol. The summed E-state index contributed by atoms with van der Waals surface area (Å²) in [6, 6.07) is 3.46. The van der Waals surface area contributed by atoms with Gasteiger partial charge in [0.25, 0.3) is 5.91 Å². The van der Waals surface area contributed by atoms with Gasteiger partial charge in [0.05, 0.1) is 23.2 Å². The molecule has 1 amide bonds. The van der Waals surface area contributed by atoms with E-state index in [2.05, 4.69) is 22.8 Å². The van der Waals surface area contributed by atoms with E-state index in [4.69, 9.17) is 17.3 Å². The van der Waals surface area contributed by atoms with E-state index in [0.717, 1.165) is 31.4 Å². The second-order valence-electron chi connectivity index (χ2n) is 6.59. The van der Waals surface area contributed by atoms with Gasteiger partial charge in [0.1, 0.15) is 0 Å². The second kappa shape index (κ2) is 10.8. The summed E-state index contributed by atoms with van der Waals surface area (Å²) in [7, 11) is 0. The zero-order chi connectivity index (χ0) is 22.1. The van der Waals surface area contributed by atoms with Crippen molar-refractivity contribution in [2.45, 2.75) is 32.4 Å². The molecular formula is C21H24F3N3O2S. The van der Waals surface area contributed by atoms with Gasteiger partial charge in [-0.25, -0.2) is 0 Å². The maximum absolute atomic E-state index is 13.3. The number of alkyl halides is 3. The molecule has 162 valence electrons. The molecule has 0 fully saturated rings. The van der Waals surface area contributed by atoms with Crippen LogP contribution in [0.2, 0.25) is 0 Å². The predicted molar refractivity (Wildman–Crippen MR) is 117 cm³/mol. The van der Waals surface area contributed by atoms with Crippen LogP contribution in [-0.4, -0.2) is 29.2 Å². The maximum atomic E-state index is 13.3. The number of rotatable bonds is 4. The SMILES string of the molecule is C/C=C(\C=C/O)C(=O)NC(=S)Nc1cc(C(F)(F)F)ccc1N1CC/C=C\CCC1. The van der Waals surface area contributed by atoms with Crippen molar-refractivity contribution in [3.05, 3.63) is 59.9 Å². The summed E-state index contributed by atoms with van der Waals surface area (Å²) < 4.78 is 39.8. The minimum atomic E-state index is -4.51. The lowest BCUT2D eigenvalue weighted by Gasteiger charge is -2.28. The van der Waals surface area contributed by atoms with E-state index in [1.165, 1.54) is 18.2 Å². The van der Waals surface area contributed by atoms with E-state index in [-0.39, 0.29) is 16.4 Å². The third-order valence-electron chi connectivity index (χ3n) is 4.50. The first-order chi connectivity index (χ1) is 14.3. The number of thiocarbonyl (C=S) groups is 1. The molecule has 0 atom stereocenters. The van der Waals surface area contributed by atoms with E-state index in [0.29, 0.717) is 25.0 Å². The van der Waals surface area contributed by atoms with Crippen molar-refractivity contribution in [1.82, 2.24) is 5.32 Å². The standard InChI is InChI=1S/C21H24F3N3O2S/c1-2-15(10-13-28)19(29)26-20(30)25-17-14-16(21(22,23)24)8-9-18(17)27-11-6-4-3-5-7-12-27/h2-4,8-10,13-14,28H,5-7,11-12H2,1H3,(H2,25,26,29,30)/b4-3-,13-10-,15-2+. The molecule has 0 radical (unpaired) electrons. The molecule has 3 N–H and O–H groups in total. The first kappa shape index (κ1) is 23.5. The Morgan fingerprint density at radius 2 is 1.97 bits per heavy atom. The van der Waals surface area contributed by atoms with Gasteiger partial charge in [0.15, 0.2) is 5.11 Å². The van der Waals surface area contributed by atoms with Crippen LogP contribution in [0.15, 0.2) is 54.3 Å². The largest absolute Gasteiger partial charge is 0.516 e. The molecule has 0 aliphatic carbocycles. The van der Waals surface area contributed by atoms with Crippen LogP contribution in [0.4, 0.5) is 24.5 Å². The Kier molecular flexibility index (Phi) is 8.46. The van der Waals surface area contributed by atoms with Crippen LogP contribution in [0, 0.1) is 0 Å². The summed E-state index contributed by atoms with van der Waals surface area (Å²) in [5.74, 6) is -0.592. The molecule has 1 aliphatic rings. The van der Waals surface area contributed by atoms with Gasteiger partial charge < -0.3 is 15.3 Å². The highest BCUT2D eigenvalue weighted by Crippen LogP contribution is 2.36. The number of allylic oxidation sites excluding steroid dienone is 2. The molecule has 0 aromatic heterocycles. The number of anilines is 2. The zero-order valence-electron chi connectivity index (χ0n) is 16.5. The molecule has 1 aromatic carbocycles. The Hall–Kier alpha value is -2.81. The molecular weight excluding hydrogens is 415 g/mol. The lowest BCUT2D eigenvalue weighted by atomic mass is 10.1. The van der Waals surface area contributed by atoms with Gasteiger partial charge in [-0.15, -0.1) is 0 Å². The Balaban J connectivity index is 2.29. The molecule has 30 heavy (non-hydrogen) atoms. The third kappa shape index (κ3) is 6.62. The number of nitrogens with zero attached hydrogens (tertiary/aromatic N) is 1. The first-order valence-corrected chi connectivity index (χ1v) is 9.87. The fourth-order valence-corrected chi connectivity index (χ4v) is 3.22. The fraction of sp³-hybridized carbons (Fsp3) is 0.333. The molecule has 1 aliphatic heterocycles. The lowest BCUT2D eigenvalue weighted by molar-refractivity contribution is -0.137. The molecule has 0 bridgehead atoms. The fourth-order valence-electron chi connectivity index (χ4n) is 3.02. The quantitative estimate of drug-likeness (QED) is 0.201. The number of benzene rings is 1. The van der Waals surface area contributed by atoms with Gasteiger partial charge in [-0.05, 0) is 62.7 Å². The van der Waals surface area contributed by atoms with E-state index in [9.17, 15) is 18.0 Å². The average Bonchev–Trinajstić information content (AvgIpc) is 2.65. The molecule has 0 saturated heterocycles. The number of carbonyl (C=O) groups excluding carboxylic acids is 1. The van der Waals surface area contributed by atoms with E-state index < -0.39 is 17.6 Å². The van der Waals surface area contributed by atoms with E-state index in [1.54, 1.807) is 6.92 Å². The van der Waals surface area contributed by atoms with Crippen LogP contribution >= 0.6 is 12.2 Å². The molecule has 0 unspecified atom stereocenters. The topological polar surface area (TPSA) is 64.6 Å². The van der Waals surface area contributed by atoms with Crippen molar-refractivity contribution in [2.24, 2.45) is 0 Å². The molecule has 1 heterocycles. The number of hydrogen-bond donors (Lipinski definition) is 3. The van der Waals surface area contributed by atoms with E-state index >= 15 is 0 Å². The van der Waals surface area contributed by atoms with Gasteiger partial charge in [0, 0.05) is 18.7 Å². The van der Waals surface area contributed by atoms with Gasteiger partial charge >= 0.3 is 6.18 Å². The molecule has 5 nitrogen and oxygen atoms in total. The summed E-state index contributed by atoms with van der Waals surface area (Å²) in [5, 5.41) is 13.9. The highest BCUT2D eigenvalue weighted by atomic mass is 32.1. The number of hydrogen-bond acceptors (Lipinski definition) is 4. The Labute approximate surface area is 179 Å². The molecule has 0 spiro atoms. The number of halogens is 3. The van der Waals surface area contributed by atoms with Crippen LogP contribution in [0.5, 0.6) is 0 Å². The van der Waals surface area contributed by atoms with Gasteiger partial charge in [-0.2, -0.15) is 13.2 Å². The third-order valence-corrected chi connectivity index (χ3v) is 4.70. The van der Waals surface area contributed by atoms with Crippen molar-refractivity contribution in [3.8, 4) is 0 Å². The first-order valence-electron chi connectivity index (χ1n) is 9.47. The van der Waals surface area contributed by atoms with Gasteiger partial charge in [-0.3, -0.25) is 10.1 Å². The van der Waals surface area contributed by atoms with Crippen molar-refractivity contribution in [1.29, 1.82) is 0 Å². The lowest BCUT2D eigenvalue weighted by Crippen LogP contribution is -2.35. The number of amides is 1. The van der Waals surface area contributed by atoms with E-state index in [1.807, 2.05) is 4.90 Å². The van der Waals surface area contributed by atoms with Crippen LogP contribution in [0.1, 0.15) is 31.7 Å². The summed E-state index contributed by atoms with van der Waals surface area (Å²) >= 11 is 5.14. The average molecular weight is 440 g/mol. The van der Waals surface area contributed by atoms with Crippen molar-refractivity contribution in [2.75, 3.05) is 23.3 Å². The zero-order valence-corrected chi connectivity index (χ0v) is 17.3. The summed E-state index contributed by atoms with van der Waals surface area (Å²) in [4.78, 5) is 14.2. The predicted octanol–water partition coefficient (Wildman–Crippen LogP) is 5.08. The Morgan fingerprint density at radius 1 is 1.23 bits per heavy atom. The van der Waals surface area contributed by atoms with Crippen LogP contribution in [0.25, 0.3) is 0 Å². The van der Waals surface area contributed by atoms with Crippen LogP contribution < -0.4 is 15.5 Å². The van der Waals surface area contributed by atoms with Gasteiger partial charge in [0.2, 0.25) is 0 Å². The maximum Gasteiger partial charge on any atom is 0.416 e. The molecule has 0 saturated carbocycles. The minimum absolute atomic E-state index is 0.141. The second-order valence-corrected chi connectivity index (χ2v) is 7.00. The number of carbonyl (C=O) groups is 1. The van der Waals surface area contributed by atoms with Crippen molar-refractivity contribution >= 4 is 34.6 Å². The highest BCUT2D eigenvalue weighted by Gasteiger charge is 2.31. The van der Waals surface area contributed by atoms with Crippen molar-refractivity contribution in [3.63, 3.8) is 0 Å². The summed E-state index contributed by atoms with van der Waals surface area (Å²) in [6.07, 6.45) is 5.56. The summed E-state index contributed by atoms with van der Waals surface area (Å²) in [6.45, 7) is 2.94. The van der Waals surface area contributed by atoms with Crippen LogP contribution in [-0.2, 0) is 11.0 Å². The Morgan fingerprint density at radius 3 is 2.63 bits per heavy atom. The number of nitrogens with one attached hydrogen (secondary N) is 2. The number of aliphatic hydroxyl groups is 1. The Bertz CT molecular complexity index is 864. The van der Waals surface area contributed by atoms with Crippen LogP contribution in [0.3, 0.4) is 0 Å². The minimum Gasteiger partial charge on any atom is -0.516 e. The highest BCUT2D eigenvalue weighted by molar-refractivity contribution is 7.80. The van der Waals surface area contributed by atoms with Gasteiger partial charge in [-0.1, -0.05) is 18.2 Å². The normalized spacial score (nSPS) is 16.7. The molecule has 9 heteroatoms. The van der Waals surface area contributed by atoms with Crippen molar-refractivity contribution < 1.29 is 23.1 Å². The number of aliphatic hydroxyl groups excluding tert-OH is 1.